The highest BCUT2D eigenvalue weighted by Gasteiger charge is 2.20. The third-order valence-corrected chi connectivity index (χ3v) is 4.85. The first-order valence-electron chi connectivity index (χ1n) is 7.94. The van der Waals surface area contributed by atoms with Crippen LogP contribution in [-0.4, -0.2) is 43.3 Å². The molecule has 2 aromatic heterocycles. The van der Waals surface area contributed by atoms with Crippen LogP contribution < -0.4 is 14.2 Å². The fourth-order valence-electron chi connectivity index (χ4n) is 2.39. The Kier molecular flexibility index (Phi) is 5.38. The summed E-state index contributed by atoms with van der Waals surface area (Å²) in [7, 11) is -1.30. The van der Waals surface area contributed by atoms with E-state index in [4.69, 9.17) is 4.74 Å². The van der Waals surface area contributed by atoms with Crippen molar-refractivity contribution in [3.63, 3.8) is 0 Å². The summed E-state index contributed by atoms with van der Waals surface area (Å²) in [6, 6.07) is 5.61. The summed E-state index contributed by atoms with van der Waals surface area (Å²) in [6.45, 7) is 0. The van der Waals surface area contributed by atoms with Gasteiger partial charge in [-0.25, -0.2) is 19.1 Å². The summed E-state index contributed by atoms with van der Waals surface area (Å²) in [5.74, 6) is -1.58. The Hall–Kier alpha value is -3.31. The molecule has 0 aliphatic rings. The summed E-state index contributed by atoms with van der Waals surface area (Å²) in [5.41, 5.74) is 0.750. The van der Waals surface area contributed by atoms with Crippen molar-refractivity contribution in [1.29, 1.82) is 0 Å². The monoisotopic (exact) mass is 405 g/mol. The molecule has 0 aliphatic carbocycles. The molecule has 0 fully saturated rings. The number of nitrogens with one attached hydrogen (secondary N) is 3. The number of nitrogens with zero attached hydrogens (tertiary/aromatic N) is 2. The van der Waals surface area contributed by atoms with Crippen LogP contribution in [0, 0.1) is 5.82 Å². The molecule has 0 atom stereocenters. The molecule has 3 N–H and O–H groups in total. The molecule has 3 aromatic rings. The normalized spacial score (nSPS) is 11.2. The molecule has 0 saturated heterocycles. The van der Waals surface area contributed by atoms with Crippen LogP contribution in [0.3, 0.4) is 0 Å². The van der Waals surface area contributed by atoms with Crippen molar-refractivity contribution in [2.45, 2.75) is 0 Å². The second kappa shape index (κ2) is 7.74. The number of hydrogen-bond donors (Lipinski definition) is 3. The molecule has 0 spiro atoms. The van der Waals surface area contributed by atoms with Crippen molar-refractivity contribution in [2.75, 3.05) is 18.9 Å². The lowest BCUT2D eigenvalue weighted by molar-refractivity contribution is 0.103. The van der Waals surface area contributed by atoms with Crippen LogP contribution in [0.2, 0.25) is 0 Å². The van der Waals surface area contributed by atoms with Gasteiger partial charge in [0.15, 0.2) is 11.6 Å². The highest BCUT2D eigenvalue weighted by atomic mass is 32.2. The summed E-state index contributed by atoms with van der Waals surface area (Å²) in [5, 5.41) is 0. The predicted octanol–water partition coefficient (Wildman–Crippen LogP) is 1.73. The zero-order valence-corrected chi connectivity index (χ0v) is 15.7. The first kappa shape index (κ1) is 19.5. The lowest BCUT2D eigenvalue weighted by Crippen LogP contribution is -2.27. The first-order valence-corrected chi connectivity index (χ1v) is 9.42. The number of ketones is 1. The Bertz CT molecular complexity index is 1110. The van der Waals surface area contributed by atoms with Gasteiger partial charge in [0, 0.05) is 42.5 Å². The Morgan fingerprint density at radius 3 is 2.61 bits per heavy atom. The quantitative estimate of drug-likeness (QED) is 0.514. The number of H-pyrrole nitrogens is 1. The lowest BCUT2D eigenvalue weighted by atomic mass is 10.0. The topological polar surface area (TPSA) is 126 Å². The Morgan fingerprint density at radius 1 is 1.25 bits per heavy atom. The maximum atomic E-state index is 14.7. The van der Waals surface area contributed by atoms with E-state index in [2.05, 4.69) is 15.0 Å². The summed E-state index contributed by atoms with van der Waals surface area (Å²) < 4.78 is 46.8. The molecule has 0 bridgehead atoms. The Labute approximate surface area is 160 Å². The second-order valence-electron chi connectivity index (χ2n) is 5.57. The van der Waals surface area contributed by atoms with Crippen LogP contribution in [0.15, 0.2) is 42.9 Å². The molecule has 0 amide bonds. The molecular formula is C17H16FN5O4S. The number of anilines is 1. The molecule has 0 aliphatic heterocycles. The largest absolute Gasteiger partial charge is 0.467 e. The highest BCUT2D eigenvalue weighted by molar-refractivity contribution is 7.90. The second-order valence-corrected chi connectivity index (χ2v) is 7.19. The SMILES string of the molecule is CNS(=O)(=O)Nc1cccc(C(=O)c2c[nH]c(-c3cnc(OC)nc3)c2)c1F. The van der Waals surface area contributed by atoms with Crippen molar-refractivity contribution in [3.05, 3.63) is 59.8 Å². The fourth-order valence-corrected chi connectivity index (χ4v) is 2.94. The van der Waals surface area contributed by atoms with E-state index in [1.807, 2.05) is 9.44 Å². The van der Waals surface area contributed by atoms with Gasteiger partial charge in [0.1, 0.15) is 0 Å². The van der Waals surface area contributed by atoms with Crippen LogP contribution in [0.5, 0.6) is 6.01 Å². The van der Waals surface area contributed by atoms with Crippen LogP contribution in [0.25, 0.3) is 11.3 Å². The first-order chi connectivity index (χ1) is 13.3. The van der Waals surface area contributed by atoms with Crippen LogP contribution in [0.4, 0.5) is 10.1 Å². The van der Waals surface area contributed by atoms with E-state index >= 15 is 0 Å². The minimum atomic E-state index is -3.92. The summed E-state index contributed by atoms with van der Waals surface area (Å²) in [6.07, 6.45) is 4.45. The Balaban J connectivity index is 1.89. The third-order valence-electron chi connectivity index (χ3n) is 3.82. The zero-order valence-electron chi connectivity index (χ0n) is 14.9. The van der Waals surface area contributed by atoms with Gasteiger partial charge in [0.05, 0.1) is 18.4 Å². The Morgan fingerprint density at radius 2 is 1.96 bits per heavy atom. The van der Waals surface area contributed by atoms with Gasteiger partial charge >= 0.3 is 6.01 Å². The number of halogens is 1. The molecule has 0 saturated carbocycles. The maximum Gasteiger partial charge on any atom is 0.316 e. The molecule has 3 rings (SSSR count). The zero-order chi connectivity index (χ0) is 20.3. The van der Waals surface area contributed by atoms with Crippen LogP contribution in [0.1, 0.15) is 15.9 Å². The van der Waals surface area contributed by atoms with Gasteiger partial charge in [-0.15, -0.1) is 0 Å². The van der Waals surface area contributed by atoms with Crippen molar-refractivity contribution >= 4 is 21.7 Å². The molecule has 1 aromatic carbocycles. The number of carbonyl (C=O) groups excluding carboxylic acids is 1. The smallest absolute Gasteiger partial charge is 0.316 e. The van der Waals surface area contributed by atoms with Crippen molar-refractivity contribution < 1.29 is 22.3 Å². The number of methoxy groups -OCH3 is 1. The molecule has 9 nitrogen and oxygen atoms in total. The van der Waals surface area contributed by atoms with Crippen molar-refractivity contribution in [2.24, 2.45) is 0 Å². The standard InChI is InChI=1S/C17H16FN5O4S/c1-19-28(25,26)23-13-5-3-4-12(15(13)18)16(24)10-6-14(20-7-10)11-8-21-17(27-2)22-9-11/h3-9,19-20,23H,1-2H3. The maximum absolute atomic E-state index is 14.7. The number of carbonyl (C=O) groups is 1. The number of aromatic amines is 1. The highest BCUT2D eigenvalue weighted by Crippen LogP contribution is 2.24. The fraction of sp³-hybridized carbons (Fsp3) is 0.118. The minimum Gasteiger partial charge on any atom is -0.467 e. The van der Waals surface area contributed by atoms with Gasteiger partial charge in [-0.05, 0) is 18.2 Å². The minimum absolute atomic E-state index is 0.193. The van der Waals surface area contributed by atoms with Gasteiger partial charge in [0.2, 0.25) is 0 Å². The van der Waals surface area contributed by atoms with E-state index in [1.54, 1.807) is 0 Å². The third kappa shape index (κ3) is 4.00. The predicted molar refractivity (Wildman–Crippen MR) is 99.8 cm³/mol. The molecule has 0 radical (unpaired) electrons. The van der Waals surface area contributed by atoms with Crippen molar-refractivity contribution in [1.82, 2.24) is 19.7 Å². The van der Waals surface area contributed by atoms with Gasteiger partial charge in [-0.2, -0.15) is 8.42 Å². The van der Waals surface area contributed by atoms with Crippen LogP contribution in [-0.2, 0) is 10.2 Å². The van der Waals surface area contributed by atoms with Gasteiger partial charge in [-0.3, -0.25) is 9.52 Å². The number of aromatic nitrogens is 3. The number of rotatable bonds is 7. The number of ether oxygens (including phenoxy) is 1. The van der Waals surface area contributed by atoms with Gasteiger partial charge in [-0.1, -0.05) is 6.07 Å². The van der Waals surface area contributed by atoms with Gasteiger partial charge in [0.25, 0.3) is 10.2 Å². The molecule has 28 heavy (non-hydrogen) atoms. The molecular weight excluding hydrogens is 389 g/mol. The van der Waals surface area contributed by atoms with E-state index in [1.165, 1.54) is 57.0 Å². The lowest BCUT2D eigenvalue weighted by Gasteiger charge is -2.09. The number of hydrogen-bond acceptors (Lipinski definition) is 6. The van der Waals surface area contributed by atoms with E-state index in [0.29, 0.717) is 11.3 Å². The van der Waals surface area contributed by atoms with E-state index in [9.17, 15) is 17.6 Å². The van der Waals surface area contributed by atoms with E-state index in [0.717, 1.165) is 0 Å². The van der Waals surface area contributed by atoms with Crippen molar-refractivity contribution in [3.8, 4) is 17.3 Å². The average Bonchev–Trinajstić information content (AvgIpc) is 3.19. The summed E-state index contributed by atoms with van der Waals surface area (Å²) in [4.78, 5) is 23.6. The number of benzene rings is 1. The summed E-state index contributed by atoms with van der Waals surface area (Å²) >= 11 is 0. The molecule has 146 valence electrons. The molecule has 2 heterocycles. The van der Waals surface area contributed by atoms with E-state index < -0.39 is 21.8 Å². The van der Waals surface area contributed by atoms with Gasteiger partial charge < -0.3 is 9.72 Å². The molecule has 11 heteroatoms. The van der Waals surface area contributed by atoms with Crippen LogP contribution >= 0.6 is 0 Å². The average molecular weight is 405 g/mol. The van der Waals surface area contributed by atoms with E-state index in [-0.39, 0.29) is 22.8 Å². The molecule has 0 unspecified atom stereocenters.